The van der Waals surface area contributed by atoms with Gasteiger partial charge in [0.1, 0.15) is 5.75 Å². The number of hydrazone groups is 1. The van der Waals surface area contributed by atoms with Crippen LogP contribution in [0.3, 0.4) is 0 Å². The molecule has 0 aliphatic rings. The number of hydrogen-bond acceptors (Lipinski definition) is 3. The van der Waals surface area contributed by atoms with E-state index in [9.17, 15) is 4.79 Å². The largest absolute Gasteiger partial charge is 0.481 e. The molecule has 1 amide bonds. The van der Waals surface area contributed by atoms with Gasteiger partial charge < -0.3 is 4.74 Å². The van der Waals surface area contributed by atoms with Gasteiger partial charge in [-0.05, 0) is 41.8 Å². The molecule has 0 aliphatic heterocycles. The van der Waals surface area contributed by atoms with Crippen molar-refractivity contribution in [1.29, 1.82) is 0 Å². The summed E-state index contributed by atoms with van der Waals surface area (Å²) in [5.41, 5.74) is 4.53. The summed E-state index contributed by atoms with van der Waals surface area (Å²) in [7, 11) is 0. The lowest BCUT2D eigenvalue weighted by atomic mass is 10.1. The van der Waals surface area contributed by atoms with E-state index in [2.05, 4.69) is 17.5 Å². The molecule has 27 heavy (non-hydrogen) atoms. The SMILES string of the molecule is CCC/C(=N\NC(=O)C(C)Oc1ccc2ccccc2c1)c1ccccc1. The number of benzene rings is 3. The Kier molecular flexibility index (Phi) is 6.21. The van der Waals surface area contributed by atoms with Crippen molar-refractivity contribution in [1.82, 2.24) is 5.43 Å². The van der Waals surface area contributed by atoms with Crippen molar-refractivity contribution in [3.63, 3.8) is 0 Å². The molecule has 0 fully saturated rings. The molecule has 0 saturated carbocycles. The molecular weight excluding hydrogens is 336 g/mol. The molecule has 1 N–H and O–H groups in total. The van der Waals surface area contributed by atoms with Gasteiger partial charge in [-0.25, -0.2) is 5.43 Å². The lowest BCUT2D eigenvalue weighted by molar-refractivity contribution is -0.127. The molecule has 3 rings (SSSR count). The summed E-state index contributed by atoms with van der Waals surface area (Å²) in [6, 6.07) is 23.7. The average Bonchev–Trinajstić information content (AvgIpc) is 2.71. The van der Waals surface area contributed by atoms with Crippen LogP contribution in [-0.2, 0) is 4.79 Å². The lowest BCUT2D eigenvalue weighted by Gasteiger charge is -2.14. The van der Waals surface area contributed by atoms with E-state index in [-0.39, 0.29) is 5.91 Å². The van der Waals surface area contributed by atoms with Crippen molar-refractivity contribution in [2.45, 2.75) is 32.8 Å². The number of nitrogens with one attached hydrogen (secondary N) is 1. The molecule has 0 saturated heterocycles. The molecule has 0 radical (unpaired) electrons. The fourth-order valence-electron chi connectivity index (χ4n) is 2.84. The number of hydrogen-bond donors (Lipinski definition) is 1. The summed E-state index contributed by atoms with van der Waals surface area (Å²) in [5.74, 6) is 0.393. The zero-order valence-corrected chi connectivity index (χ0v) is 15.7. The van der Waals surface area contributed by atoms with Gasteiger partial charge in [0.2, 0.25) is 0 Å². The average molecular weight is 360 g/mol. The fraction of sp³-hybridized carbons (Fsp3) is 0.217. The molecule has 3 aromatic carbocycles. The standard InChI is InChI=1S/C23H24N2O2/c1-3-9-22(19-11-5-4-6-12-19)24-25-23(26)17(2)27-21-15-14-18-10-7-8-13-20(18)16-21/h4-8,10-17H,3,9H2,1-2H3,(H,25,26)/b24-22+. The van der Waals surface area contributed by atoms with Crippen LogP contribution in [0.1, 0.15) is 32.3 Å². The predicted octanol–water partition coefficient (Wildman–Crippen LogP) is 4.93. The Bertz CT molecular complexity index is 935. The summed E-state index contributed by atoms with van der Waals surface area (Å²) in [6.45, 7) is 3.81. The second kappa shape index (κ2) is 8.99. The van der Waals surface area contributed by atoms with Gasteiger partial charge in [-0.3, -0.25) is 4.79 Å². The molecule has 3 aromatic rings. The first-order valence-corrected chi connectivity index (χ1v) is 9.24. The van der Waals surface area contributed by atoms with Crippen LogP contribution in [0.5, 0.6) is 5.75 Å². The van der Waals surface area contributed by atoms with Crippen molar-refractivity contribution in [2.75, 3.05) is 0 Å². The van der Waals surface area contributed by atoms with Gasteiger partial charge in [0, 0.05) is 0 Å². The number of rotatable bonds is 7. The minimum absolute atomic E-state index is 0.271. The van der Waals surface area contributed by atoms with Crippen molar-refractivity contribution in [3.05, 3.63) is 78.4 Å². The molecule has 0 spiro atoms. The van der Waals surface area contributed by atoms with Crippen molar-refractivity contribution < 1.29 is 9.53 Å². The third-order valence-corrected chi connectivity index (χ3v) is 4.30. The maximum Gasteiger partial charge on any atom is 0.280 e. The Hall–Kier alpha value is -3.14. The molecule has 4 nitrogen and oxygen atoms in total. The van der Waals surface area contributed by atoms with Crippen LogP contribution in [0, 0.1) is 0 Å². The number of carbonyl (C=O) groups excluding carboxylic acids is 1. The highest BCUT2D eigenvalue weighted by molar-refractivity contribution is 6.01. The maximum atomic E-state index is 12.4. The molecule has 1 atom stereocenters. The minimum Gasteiger partial charge on any atom is -0.481 e. The van der Waals surface area contributed by atoms with E-state index in [0.717, 1.165) is 34.9 Å². The van der Waals surface area contributed by atoms with Gasteiger partial charge in [-0.1, -0.05) is 74.0 Å². The van der Waals surface area contributed by atoms with Crippen molar-refractivity contribution >= 4 is 22.4 Å². The molecule has 0 bridgehead atoms. The molecule has 1 unspecified atom stereocenters. The van der Waals surface area contributed by atoms with E-state index in [4.69, 9.17) is 4.74 Å². The topological polar surface area (TPSA) is 50.7 Å². The number of amides is 1. The minimum atomic E-state index is -0.645. The highest BCUT2D eigenvalue weighted by atomic mass is 16.5. The summed E-state index contributed by atoms with van der Waals surface area (Å²) in [4.78, 5) is 12.4. The lowest BCUT2D eigenvalue weighted by Crippen LogP contribution is -2.34. The highest BCUT2D eigenvalue weighted by Gasteiger charge is 2.15. The van der Waals surface area contributed by atoms with E-state index in [1.807, 2.05) is 72.8 Å². The molecule has 0 aromatic heterocycles. The van der Waals surface area contributed by atoms with Gasteiger partial charge in [0.05, 0.1) is 5.71 Å². The Morgan fingerprint density at radius 2 is 1.70 bits per heavy atom. The maximum absolute atomic E-state index is 12.4. The normalized spacial score (nSPS) is 12.6. The van der Waals surface area contributed by atoms with Gasteiger partial charge in [0.25, 0.3) is 5.91 Å². The Balaban J connectivity index is 1.66. The van der Waals surface area contributed by atoms with Crippen LogP contribution in [0.2, 0.25) is 0 Å². The van der Waals surface area contributed by atoms with Crippen molar-refractivity contribution in [2.24, 2.45) is 5.10 Å². The van der Waals surface area contributed by atoms with Gasteiger partial charge >= 0.3 is 0 Å². The third kappa shape index (κ3) is 4.94. The van der Waals surface area contributed by atoms with Crippen LogP contribution in [0.25, 0.3) is 10.8 Å². The zero-order valence-electron chi connectivity index (χ0n) is 15.7. The molecule has 0 aliphatic carbocycles. The second-order valence-corrected chi connectivity index (χ2v) is 6.42. The smallest absolute Gasteiger partial charge is 0.280 e. The second-order valence-electron chi connectivity index (χ2n) is 6.42. The quantitative estimate of drug-likeness (QED) is 0.480. The van der Waals surface area contributed by atoms with Gasteiger partial charge in [-0.15, -0.1) is 0 Å². The Morgan fingerprint density at radius 3 is 2.44 bits per heavy atom. The predicted molar refractivity (Wildman–Crippen MR) is 110 cm³/mol. The van der Waals surface area contributed by atoms with Gasteiger partial charge in [0.15, 0.2) is 6.10 Å². The number of ether oxygens (including phenoxy) is 1. The van der Waals surface area contributed by atoms with Crippen LogP contribution >= 0.6 is 0 Å². The van der Waals surface area contributed by atoms with Crippen molar-refractivity contribution in [3.8, 4) is 5.75 Å². The molecule has 138 valence electrons. The number of fused-ring (bicyclic) bond motifs is 1. The van der Waals surface area contributed by atoms with E-state index in [1.54, 1.807) is 6.92 Å². The Morgan fingerprint density at radius 1 is 1.00 bits per heavy atom. The summed E-state index contributed by atoms with van der Waals surface area (Å²) in [6.07, 6.45) is 1.10. The number of nitrogens with zero attached hydrogens (tertiary/aromatic N) is 1. The molecule has 0 heterocycles. The summed E-state index contributed by atoms with van der Waals surface area (Å²) >= 11 is 0. The molecule has 4 heteroatoms. The first-order chi connectivity index (χ1) is 13.2. The third-order valence-electron chi connectivity index (χ3n) is 4.30. The molecular formula is C23H24N2O2. The van der Waals surface area contributed by atoms with Crippen LogP contribution in [0.15, 0.2) is 77.9 Å². The van der Waals surface area contributed by atoms with E-state index < -0.39 is 6.10 Å². The van der Waals surface area contributed by atoms with Crippen LogP contribution in [0.4, 0.5) is 0 Å². The fourth-order valence-corrected chi connectivity index (χ4v) is 2.84. The van der Waals surface area contributed by atoms with Crippen LogP contribution < -0.4 is 10.2 Å². The van der Waals surface area contributed by atoms with Gasteiger partial charge in [-0.2, -0.15) is 5.10 Å². The zero-order chi connectivity index (χ0) is 19.1. The van der Waals surface area contributed by atoms with Crippen LogP contribution in [-0.4, -0.2) is 17.7 Å². The van der Waals surface area contributed by atoms with E-state index in [1.165, 1.54) is 0 Å². The number of carbonyl (C=O) groups is 1. The summed E-state index contributed by atoms with van der Waals surface area (Å²) < 4.78 is 5.80. The summed E-state index contributed by atoms with van der Waals surface area (Å²) in [5, 5.41) is 6.55. The first-order valence-electron chi connectivity index (χ1n) is 9.24. The first kappa shape index (κ1) is 18.6. The van der Waals surface area contributed by atoms with E-state index in [0.29, 0.717) is 5.75 Å². The highest BCUT2D eigenvalue weighted by Crippen LogP contribution is 2.21. The Labute approximate surface area is 159 Å². The monoisotopic (exact) mass is 360 g/mol. The van der Waals surface area contributed by atoms with E-state index >= 15 is 0 Å².